The lowest BCUT2D eigenvalue weighted by molar-refractivity contribution is 0.629. The highest BCUT2D eigenvalue weighted by molar-refractivity contribution is 5.63. The highest BCUT2D eigenvalue weighted by Gasteiger charge is 2.44. The molecule has 3 rings (SSSR count). The van der Waals surface area contributed by atoms with Crippen molar-refractivity contribution >= 4 is 11.4 Å². The lowest BCUT2D eigenvalue weighted by Gasteiger charge is -2.27. The van der Waals surface area contributed by atoms with E-state index in [0.29, 0.717) is 5.54 Å². The number of nitrogens with one attached hydrogen (secondary N) is 1. The van der Waals surface area contributed by atoms with E-state index in [9.17, 15) is 0 Å². The molecule has 3 N–H and O–H groups in total. The summed E-state index contributed by atoms with van der Waals surface area (Å²) < 4.78 is 0. The normalized spacial score (nSPS) is 22.2. The van der Waals surface area contributed by atoms with E-state index in [1.54, 1.807) is 0 Å². The average Bonchev–Trinajstić information content (AvgIpc) is 2.84. The zero-order chi connectivity index (χ0) is 8.89. The first-order valence-corrected chi connectivity index (χ1v) is 4.94. The van der Waals surface area contributed by atoms with Gasteiger partial charge in [0.25, 0.3) is 0 Å². The number of hydrogen-bond acceptors (Lipinski definition) is 2. The molecular weight excluding hydrogens is 160 g/mol. The fraction of sp³-hybridized carbons (Fsp3) is 0.455. The number of nitrogen functional groups attached to an aromatic ring is 1. The molecule has 0 radical (unpaired) electrons. The van der Waals surface area contributed by atoms with E-state index in [4.69, 9.17) is 5.73 Å². The Kier molecular flexibility index (Phi) is 1.22. The Morgan fingerprint density at radius 2 is 2.08 bits per heavy atom. The van der Waals surface area contributed by atoms with Crippen LogP contribution in [0, 0.1) is 0 Å². The second-order valence-corrected chi connectivity index (χ2v) is 4.32. The Morgan fingerprint density at radius 1 is 1.23 bits per heavy atom. The molecule has 1 aliphatic heterocycles. The Hall–Kier alpha value is -1.18. The van der Waals surface area contributed by atoms with Crippen LogP contribution in [0.5, 0.6) is 0 Å². The van der Waals surface area contributed by atoms with E-state index in [1.165, 1.54) is 36.9 Å². The van der Waals surface area contributed by atoms with Gasteiger partial charge in [0.15, 0.2) is 0 Å². The standard InChI is InChI=1S/C11H14N2/c12-9-2-1-8-3-4-11(5-6-11)13-10(8)7-9/h1-2,7,13H,3-6,12H2. The largest absolute Gasteiger partial charge is 0.399 e. The van der Waals surface area contributed by atoms with Gasteiger partial charge in [0, 0.05) is 16.9 Å². The second kappa shape index (κ2) is 2.19. The molecule has 0 saturated heterocycles. The maximum Gasteiger partial charge on any atom is 0.0397 e. The van der Waals surface area contributed by atoms with Gasteiger partial charge in [0.1, 0.15) is 0 Å². The predicted molar refractivity (Wildman–Crippen MR) is 54.8 cm³/mol. The van der Waals surface area contributed by atoms with E-state index < -0.39 is 0 Å². The van der Waals surface area contributed by atoms with E-state index in [0.717, 1.165) is 5.69 Å². The van der Waals surface area contributed by atoms with Crippen molar-refractivity contribution in [3.63, 3.8) is 0 Å². The number of aryl methyl sites for hydroxylation is 1. The summed E-state index contributed by atoms with van der Waals surface area (Å²) in [6, 6.07) is 6.20. The van der Waals surface area contributed by atoms with E-state index in [-0.39, 0.29) is 0 Å². The topological polar surface area (TPSA) is 38.0 Å². The first kappa shape index (κ1) is 7.25. The fourth-order valence-corrected chi connectivity index (χ4v) is 2.18. The summed E-state index contributed by atoms with van der Waals surface area (Å²) in [6.45, 7) is 0. The minimum absolute atomic E-state index is 0.459. The van der Waals surface area contributed by atoms with Crippen LogP contribution >= 0.6 is 0 Å². The van der Waals surface area contributed by atoms with Gasteiger partial charge in [-0.05, 0) is 43.4 Å². The molecule has 1 saturated carbocycles. The summed E-state index contributed by atoms with van der Waals surface area (Å²) in [5.74, 6) is 0. The molecule has 1 aromatic carbocycles. The summed E-state index contributed by atoms with van der Waals surface area (Å²) >= 11 is 0. The van der Waals surface area contributed by atoms with E-state index >= 15 is 0 Å². The van der Waals surface area contributed by atoms with Gasteiger partial charge in [-0.2, -0.15) is 0 Å². The highest BCUT2D eigenvalue weighted by Crippen LogP contribution is 2.46. The monoisotopic (exact) mass is 174 g/mol. The van der Waals surface area contributed by atoms with Crippen molar-refractivity contribution in [2.75, 3.05) is 11.1 Å². The molecule has 68 valence electrons. The maximum atomic E-state index is 5.75. The van der Waals surface area contributed by atoms with Gasteiger partial charge in [-0.3, -0.25) is 0 Å². The van der Waals surface area contributed by atoms with Crippen LogP contribution in [0.15, 0.2) is 18.2 Å². The molecule has 1 spiro atoms. The predicted octanol–water partition coefficient (Wildman–Crippen LogP) is 2.16. The van der Waals surface area contributed by atoms with Crippen molar-refractivity contribution in [2.45, 2.75) is 31.2 Å². The zero-order valence-electron chi connectivity index (χ0n) is 7.64. The molecule has 1 aliphatic carbocycles. The first-order valence-electron chi connectivity index (χ1n) is 4.94. The number of hydrogen-bond donors (Lipinski definition) is 2. The van der Waals surface area contributed by atoms with E-state index in [2.05, 4.69) is 17.4 Å². The molecule has 1 aromatic rings. The molecule has 1 fully saturated rings. The molecule has 0 bridgehead atoms. The van der Waals surface area contributed by atoms with Crippen LogP contribution in [-0.4, -0.2) is 5.54 Å². The summed E-state index contributed by atoms with van der Waals surface area (Å²) in [5.41, 5.74) is 9.76. The van der Waals surface area contributed by atoms with Gasteiger partial charge in [-0.25, -0.2) is 0 Å². The molecule has 2 aliphatic rings. The van der Waals surface area contributed by atoms with Crippen molar-refractivity contribution in [2.24, 2.45) is 0 Å². The van der Waals surface area contributed by atoms with Crippen LogP contribution in [0.1, 0.15) is 24.8 Å². The molecule has 2 nitrogen and oxygen atoms in total. The summed E-state index contributed by atoms with van der Waals surface area (Å²) in [4.78, 5) is 0. The smallest absolute Gasteiger partial charge is 0.0397 e. The fourth-order valence-electron chi connectivity index (χ4n) is 2.18. The van der Waals surface area contributed by atoms with Crippen molar-refractivity contribution in [3.8, 4) is 0 Å². The Bertz CT molecular complexity index is 353. The Labute approximate surface area is 78.1 Å². The second-order valence-electron chi connectivity index (χ2n) is 4.32. The van der Waals surface area contributed by atoms with Crippen LogP contribution in [0.3, 0.4) is 0 Å². The number of rotatable bonds is 0. The van der Waals surface area contributed by atoms with Crippen LogP contribution in [0.2, 0.25) is 0 Å². The van der Waals surface area contributed by atoms with Gasteiger partial charge in [-0.1, -0.05) is 6.07 Å². The van der Waals surface area contributed by atoms with Crippen LogP contribution in [0.4, 0.5) is 11.4 Å². The zero-order valence-corrected chi connectivity index (χ0v) is 7.64. The van der Waals surface area contributed by atoms with Gasteiger partial charge >= 0.3 is 0 Å². The molecule has 0 aromatic heterocycles. The van der Waals surface area contributed by atoms with Crippen molar-refractivity contribution in [1.82, 2.24) is 0 Å². The summed E-state index contributed by atoms with van der Waals surface area (Å²) in [7, 11) is 0. The van der Waals surface area contributed by atoms with Crippen molar-refractivity contribution in [1.29, 1.82) is 0 Å². The maximum absolute atomic E-state index is 5.75. The third kappa shape index (κ3) is 1.09. The number of nitrogens with two attached hydrogens (primary N) is 1. The molecule has 1 heterocycles. The Morgan fingerprint density at radius 3 is 2.85 bits per heavy atom. The van der Waals surface area contributed by atoms with Crippen molar-refractivity contribution < 1.29 is 0 Å². The molecule has 0 unspecified atom stereocenters. The molecule has 13 heavy (non-hydrogen) atoms. The minimum atomic E-state index is 0.459. The Balaban J connectivity index is 2.02. The first-order chi connectivity index (χ1) is 6.27. The summed E-state index contributed by atoms with van der Waals surface area (Å²) in [5, 5.41) is 3.61. The number of benzene rings is 1. The van der Waals surface area contributed by atoms with Gasteiger partial charge < -0.3 is 11.1 Å². The number of anilines is 2. The van der Waals surface area contributed by atoms with Gasteiger partial charge in [-0.15, -0.1) is 0 Å². The minimum Gasteiger partial charge on any atom is -0.399 e. The van der Waals surface area contributed by atoms with Crippen molar-refractivity contribution in [3.05, 3.63) is 23.8 Å². The average molecular weight is 174 g/mol. The lowest BCUT2D eigenvalue weighted by atomic mass is 9.96. The third-order valence-corrected chi connectivity index (χ3v) is 3.26. The van der Waals surface area contributed by atoms with Crippen LogP contribution in [0.25, 0.3) is 0 Å². The quantitative estimate of drug-likeness (QED) is 0.591. The third-order valence-electron chi connectivity index (χ3n) is 3.26. The molecule has 2 heteroatoms. The van der Waals surface area contributed by atoms with Gasteiger partial charge in [0.2, 0.25) is 0 Å². The SMILES string of the molecule is Nc1ccc2c(c1)NC1(CC2)CC1. The highest BCUT2D eigenvalue weighted by atomic mass is 15.0. The van der Waals surface area contributed by atoms with Crippen LogP contribution in [-0.2, 0) is 6.42 Å². The molecular formula is C11H14N2. The summed E-state index contributed by atoms with van der Waals surface area (Å²) in [6.07, 6.45) is 5.18. The van der Waals surface area contributed by atoms with Gasteiger partial charge in [0.05, 0.1) is 0 Å². The van der Waals surface area contributed by atoms with Crippen LogP contribution < -0.4 is 11.1 Å². The lowest BCUT2D eigenvalue weighted by Crippen LogP contribution is -2.27. The molecule has 0 atom stereocenters. The number of fused-ring (bicyclic) bond motifs is 1. The van der Waals surface area contributed by atoms with E-state index in [1.807, 2.05) is 6.07 Å². The molecule has 0 amide bonds.